The fourth-order valence-corrected chi connectivity index (χ4v) is 3.95. The molecule has 25 heavy (non-hydrogen) atoms. The molecule has 4 heteroatoms. The van der Waals surface area contributed by atoms with Crippen LogP contribution in [0.4, 0.5) is 0 Å². The monoisotopic (exact) mass is 337 g/mol. The van der Waals surface area contributed by atoms with Gasteiger partial charge in [-0.25, -0.2) is 4.98 Å². The second-order valence-electron chi connectivity index (χ2n) is 7.69. The first kappa shape index (κ1) is 16.5. The Kier molecular flexibility index (Phi) is 4.69. The van der Waals surface area contributed by atoms with E-state index in [1.807, 2.05) is 19.3 Å². The molecule has 0 N–H and O–H groups in total. The third-order valence-electron chi connectivity index (χ3n) is 5.62. The summed E-state index contributed by atoms with van der Waals surface area (Å²) in [5.41, 5.74) is 3.63. The van der Waals surface area contributed by atoms with Crippen LogP contribution in [-0.4, -0.2) is 21.6 Å². The molecule has 2 aliphatic rings. The first-order valence-corrected chi connectivity index (χ1v) is 9.59. The van der Waals surface area contributed by atoms with E-state index in [0.29, 0.717) is 17.8 Å². The second kappa shape index (κ2) is 7.11. The van der Waals surface area contributed by atoms with Crippen LogP contribution in [0, 0.1) is 19.8 Å². The van der Waals surface area contributed by atoms with Crippen molar-refractivity contribution in [2.75, 3.05) is 6.61 Å². The zero-order chi connectivity index (χ0) is 17.2. The minimum Gasteiger partial charge on any atom is -0.477 e. The summed E-state index contributed by atoms with van der Waals surface area (Å²) in [6, 6.07) is 4.30. The molecule has 132 valence electrons. The highest BCUT2D eigenvalue weighted by molar-refractivity contribution is 5.29. The highest BCUT2D eigenvalue weighted by Gasteiger charge is 2.40. The fraction of sp³-hybridized carbons (Fsp3) is 0.571. The molecule has 1 unspecified atom stereocenters. The highest BCUT2D eigenvalue weighted by Crippen LogP contribution is 2.47. The second-order valence-corrected chi connectivity index (χ2v) is 7.69. The maximum absolute atomic E-state index is 6.19. The van der Waals surface area contributed by atoms with Crippen molar-refractivity contribution in [2.45, 2.75) is 64.2 Å². The lowest BCUT2D eigenvalue weighted by molar-refractivity contribution is 0.276. The van der Waals surface area contributed by atoms with Gasteiger partial charge in [0, 0.05) is 35.5 Å². The maximum atomic E-state index is 6.19. The minimum atomic E-state index is 0.543. The molecular weight excluding hydrogens is 310 g/mol. The van der Waals surface area contributed by atoms with E-state index in [0.717, 1.165) is 18.3 Å². The lowest BCUT2D eigenvalue weighted by atomic mass is 9.85. The van der Waals surface area contributed by atoms with Crippen molar-refractivity contribution in [2.24, 2.45) is 5.92 Å². The molecule has 0 spiro atoms. The first-order chi connectivity index (χ1) is 12.2. The third kappa shape index (κ3) is 3.83. The fourth-order valence-electron chi connectivity index (χ4n) is 3.95. The van der Waals surface area contributed by atoms with Crippen molar-refractivity contribution in [1.29, 1.82) is 0 Å². The Morgan fingerprint density at radius 2 is 1.88 bits per heavy atom. The van der Waals surface area contributed by atoms with Gasteiger partial charge in [-0.2, -0.15) is 4.98 Å². The number of aromatic nitrogens is 3. The van der Waals surface area contributed by atoms with Crippen molar-refractivity contribution in [3.05, 3.63) is 47.2 Å². The SMILES string of the molecule is Cc1ccc([C@@H]2CC2COc2nc(C)ncc2C2CCCCC2)nc1. The van der Waals surface area contributed by atoms with Crippen LogP contribution in [0.5, 0.6) is 5.88 Å². The van der Waals surface area contributed by atoms with Gasteiger partial charge in [-0.05, 0) is 50.7 Å². The zero-order valence-electron chi connectivity index (χ0n) is 15.2. The number of rotatable bonds is 5. The van der Waals surface area contributed by atoms with Gasteiger partial charge in [-0.3, -0.25) is 4.98 Å². The van der Waals surface area contributed by atoms with Crippen molar-refractivity contribution in [3.8, 4) is 5.88 Å². The summed E-state index contributed by atoms with van der Waals surface area (Å²) in [4.78, 5) is 13.6. The van der Waals surface area contributed by atoms with Gasteiger partial charge in [0.15, 0.2) is 0 Å². The smallest absolute Gasteiger partial charge is 0.220 e. The quantitative estimate of drug-likeness (QED) is 0.792. The molecule has 2 atom stereocenters. The Bertz CT molecular complexity index is 722. The summed E-state index contributed by atoms with van der Waals surface area (Å²) in [5.74, 6) is 3.29. The average molecular weight is 337 g/mol. The topological polar surface area (TPSA) is 47.9 Å². The van der Waals surface area contributed by atoms with Gasteiger partial charge in [-0.1, -0.05) is 25.3 Å². The van der Waals surface area contributed by atoms with Crippen LogP contribution >= 0.6 is 0 Å². The number of ether oxygens (including phenoxy) is 1. The molecule has 0 saturated heterocycles. The minimum absolute atomic E-state index is 0.543. The van der Waals surface area contributed by atoms with Crippen LogP contribution in [0.1, 0.15) is 73.0 Å². The predicted molar refractivity (Wildman–Crippen MR) is 97.9 cm³/mol. The van der Waals surface area contributed by atoms with E-state index < -0.39 is 0 Å². The molecule has 2 saturated carbocycles. The summed E-state index contributed by atoms with van der Waals surface area (Å²) < 4.78 is 6.19. The molecule has 0 amide bonds. The molecule has 4 rings (SSSR count). The van der Waals surface area contributed by atoms with Crippen LogP contribution in [0.3, 0.4) is 0 Å². The molecular formula is C21H27N3O. The van der Waals surface area contributed by atoms with Gasteiger partial charge >= 0.3 is 0 Å². The van der Waals surface area contributed by atoms with Crippen molar-refractivity contribution in [3.63, 3.8) is 0 Å². The average Bonchev–Trinajstić information content (AvgIpc) is 3.41. The maximum Gasteiger partial charge on any atom is 0.220 e. The van der Waals surface area contributed by atoms with E-state index in [1.54, 1.807) is 0 Å². The van der Waals surface area contributed by atoms with Crippen LogP contribution in [-0.2, 0) is 0 Å². The van der Waals surface area contributed by atoms with E-state index in [1.165, 1.54) is 55.3 Å². The predicted octanol–water partition coefficient (Wildman–Crippen LogP) is 4.72. The Morgan fingerprint density at radius 3 is 2.64 bits per heavy atom. The number of pyridine rings is 1. The van der Waals surface area contributed by atoms with E-state index in [2.05, 4.69) is 34.0 Å². The van der Waals surface area contributed by atoms with Crippen molar-refractivity contribution < 1.29 is 4.74 Å². The summed E-state index contributed by atoms with van der Waals surface area (Å²) in [6.45, 7) is 4.75. The Hall–Kier alpha value is -1.97. The van der Waals surface area contributed by atoms with Crippen LogP contribution < -0.4 is 4.74 Å². The van der Waals surface area contributed by atoms with Gasteiger partial charge in [0.25, 0.3) is 0 Å². The molecule has 2 heterocycles. The van der Waals surface area contributed by atoms with E-state index in [9.17, 15) is 0 Å². The molecule has 4 nitrogen and oxygen atoms in total. The lowest BCUT2D eigenvalue weighted by Crippen LogP contribution is -2.11. The van der Waals surface area contributed by atoms with Gasteiger partial charge < -0.3 is 4.74 Å². The molecule has 0 radical (unpaired) electrons. The standard InChI is InChI=1S/C21H27N3O/c1-14-8-9-20(23-11-14)18-10-17(18)13-25-21-19(12-22-15(2)24-21)16-6-4-3-5-7-16/h8-9,11-12,16-18H,3-7,10,13H2,1-2H3/t17?,18-/m1/s1. The van der Waals surface area contributed by atoms with Crippen LogP contribution in [0.2, 0.25) is 0 Å². The van der Waals surface area contributed by atoms with Gasteiger partial charge in [0.2, 0.25) is 5.88 Å². The third-order valence-corrected chi connectivity index (χ3v) is 5.62. The van der Waals surface area contributed by atoms with Crippen LogP contribution in [0.25, 0.3) is 0 Å². The molecule has 2 fully saturated rings. The van der Waals surface area contributed by atoms with Crippen molar-refractivity contribution in [1.82, 2.24) is 15.0 Å². The summed E-state index contributed by atoms with van der Waals surface area (Å²) in [5, 5.41) is 0. The van der Waals surface area contributed by atoms with Gasteiger partial charge in [0.1, 0.15) is 5.82 Å². The van der Waals surface area contributed by atoms with E-state index in [-0.39, 0.29) is 0 Å². The zero-order valence-corrected chi connectivity index (χ0v) is 15.2. The first-order valence-electron chi connectivity index (χ1n) is 9.59. The molecule has 2 aromatic heterocycles. The largest absolute Gasteiger partial charge is 0.477 e. The number of hydrogen-bond donors (Lipinski definition) is 0. The summed E-state index contributed by atoms with van der Waals surface area (Å²) in [7, 11) is 0. The Morgan fingerprint density at radius 1 is 1.04 bits per heavy atom. The van der Waals surface area contributed by atoms with Gasteiger partial charge in [-0.15, -0.1) is 0 Å². The summed E-state index contributed by atoms with van der Waals surface area (Å²) >= 11 is 0. The molecule has 2 aliphatic carbocycles. The Balaban J connectivity index is 1.41. The summed E-state index contributed by atoms with van der Waals surface area (Å²) in [6.07, 6.45) is 11.6. The van der Waals surface area contributed by atoms with Crippen molar-refractivity contribution >= 4 is 0 Å². The molecule has 0 aliphatic heterocycles. The normalized spacial score (nSPS) is 23.4. The number of hydrogen-bond acceptors (Lipinski definition) is 4. The highest BCUT2D eigenvalue weighted by atomic mass is 16.5. The molecule has 0 aromatic carbocycles. The molecule has 2 aromatic rings. The Labute approximate surface area is 150 Å². The van der Waals surface area contributed by atoms with E-state index >= 15 is 0 Å². The van der Waals surface area contributed by atoms with E-state index in [4.69, 9.17) is 4.74 Å². The van der Waals surface area contributed by atoms with Gasteiger partial charge in [0.05, 0.1) is 6.61 Å². The number of aryl methyl sites for hydroxylation is 2. The number of nitrogens with zero attached hydrogens (tertiary/aromatic N) is 3. The molecule has 0 bridgehead atoms. The van der Waals surface area contributed by atoms with Crippen LogP contribution in [0.15, 0.2) is 24.5 Å². The lowest BCUT2D eigenvalue weighted by Gasteiger charge is -2.23.